The Morgan fingerprint density at radius 1 is 1.07 bits per heavy atom. The molecule has 5 rings (SSSR count). The maximum atomic E-state index is 13.6. The van der Waals surface area contributed by atoms with Gasteiger partial charge >= 0.3 is 5.97 Å². The second-order valence-electron chi connectivity index (χ2n) is 9.48. The van der Waals surface area contributed by atoms with Crippen LogP contribution in [0.1, 0.15) is 76.4 Å². The number of hydrogen-bond acceptors (Lipinski definition) is 7. The van der Waals surface area contributed by atoms with E-state index in [2.05, 4.69) is 20.7 Å². The maximum absolute atomic E-state index is 13.6. The molecular formula is C28H24F2N6O5. The van der Waals surface area contributed by atoms with E-state index in [0.29, 0.717) is 24.0 Å². The number of rotatable bonds is 7. The fraction of sp³-hybridized carbons (Fsp3) is 0.214. The van der Waals surface area contributed by atoms with Crippen LogP contribution in [0.25, 0.3) is 5.65 Å². The average molecular weight is 563 g/mol. The SMILES string of the molecule is COC(=O)c1ccc2c(c1C)CC[C@@H]2NC(=O)c1cc(C(=O)NCc2ccc(F)c(F)c2)nc2c(C(N)=O)cnn12. The first kappa shape index (κ1) is 27.4. The first-order valence-electron chi connectivity index (χ1n) is 12.5. The molecule has 210 valence electrons. The topological polar surface area (TPSA) is 158 Å². The van der Waals surface area contributed by atoms with E-state index in [0.717, 1.165) is 39.5 Å². The molecule has 3 amide bonds. The molecule has 0 aliphatic heterocycles. The number of nitrogens with zero attached hydrogens (tertiary/aromatic N) is 3. The molecule has 0 radical (unpaired) electrons. The highest BCUT2D eigenvalue weighted by atomic mass is 19.2. The van der Waals surface area contributed by atoms with Crippen molar-refractivity contribution >= 4 is 29.3 Å². The average Bonchev–Trinajstić information content (AvgIpc) is 3.57. The Bertz CT molecular complexity index is 1750. The standard InChI is InChI=1S/C28H24F2N6O5/c1-13-15-6-8-21(17(15)5-4-16(13)28(40)41-2)35-27(39)23-10-22(34-25-18(24(31)37)12-33-36(23)25)26(38)32-11-14-3-7-19(29)20(30)9-14/h3-5,7,9-10,12,21H,6,8,11H2,1-2H3,(H2,31,37)(H,32,38)(H,35,39)/t21-/m0/s1. The number of carbonyl (C=O) groups is 4. The molecule has 1 atom stereocenters. The molecule has 0 saturated carbocycles. The number of carbonyl (C=O) groups excluding carboxylic acids is 4. The highest BCUT2D eigenvalue weighted by Gasteiger charge is 2.29. The summed E-state index contributed by atoms with van der Waals surface area (Å²) in [6.07, 6.45) is 2.33. The van der Waals surface area contributed by atoms with Crippen molar-refractivity contribution in [1.82, 2.24) is 25.2 Å². The van der Waals surface area contributed by atoms with Gasteiger partial charge in [-0.3, -0.25) is 14.4 Å². The Morgan fingerprint density at radius 3 is 2.56 bits per heavy atom. The number of fused-ring (bicyclic) bond motifs is 2. The predicted octanol–water partition coefficient (Wildman–Crippen LogP) is 2.55. The van der Waals surface area contributed by atoms with Gasteiger partial charge < -0.3 is 21.1 Å². The lowest BCUT2D eigenvalue weighted by molar-refractivity contribution is 0.0599. The Hall–Kier alpha value is -5.20. The predicted molar refractivity (Wildman–Crippen MR) is 140 cm³/mol. The van der Waals surface area contributed by atoms with Crippen LogP contribution in [0.4, 0.5) is 8.78 Å². The van der Waals surface area contributed by atoms with Crippen LogP contribution in [0.3, 0.4) is 0 Å². The first-order chi connectivity index (χ1) is 19.6. The molecule has 2 aromatic carbocycles. The van der Waals surface area contributed by atoms with E-state index >= 15 is 0 Å². The van der Waals surface area contributed by atoms with Crippen LogP contribution in [-0.4, -0.2) is 45.4 Å². The highest BCUT2D eigenvalue weighted by molar-refractivity contribution is 6.02. The number of halogens is 2. The summed E-state index contributed by atoms with van der Waals surface area (Å²) in [6, 6.07) is 7.43. The second-order valence-corrected chi connectivity index (χ2v) is 9.48. The summed E-state index contributed by atoms with van der Waals surface area (Å²) in [4.78, 5) is 54.8. The second kappa shape index (κ2) is 10.8. The number of aromatic nitrogens is 3. The van der Waals surface area contributed by atoms with E-state index in [-0.39, 0.29) is 29.1 Å². The fourth-order valence-electron chi connectivity index (χ4n) is 4.93. The van der Waals surface area contributed by atoms with Crippen LogP contribution >= 0.6 is 0 Å². The number of ether oxygens (including phenoxy) is 1. The molecule has 2 aromatic heterocycles. The van der Waals surface area contributed by atoms with Crippen molar-refractivity contribution in [3.63, 3.8) is 0 Å². The van der Waals surface area contributed by atoms with Gasteiger partial charge in [0.05, 0.1) is 24.9 Å². The van der Waals surface area contributed by atoms with Crippen molar-refractivity contribution in [2.45, 2.75) is 32.4 Å². The normalized spacial score (nSPS) is 14.0. The van der Waals surface area contributed by atoms with Gasteiger partial charge in [-0.25, -0.2) is 23.1 Å². The number of nitrogens with two attached hydrogens (primary N) is 1. The number of hydrogen-bond donors (Lipinski definition) is 3. The summed E-state index contributed by atoms with van der Waals surface area (Å²) in [5.74, 6) is -4.73. The minimum Gasteiger partial charge on any atom is -0.465 e. The summed E-state index contributed by atoms with van der Waals surface area (Å²) in [5.41, 5.74) is 8.23. The van der Waals surface area contributed by atoms with Crippen molar-refractivity contribution < 1.29 is 32.7 Å². The zero-order chi connectivity index (χ0) is 29.4. The van der Waals surface area contributed by atoms with Gasteiger partial charge in [-0.05, 0) is 60.2 Å². The molecule has 0 unspecified atom stereocenters. The lowest BCUT2D eigenvalue weighted by Gasteiger charge is -2.16. The molecular weight excluding hydrogens is 538 g/mol. The van der Waals surface area contributed by atoms with E-state index in [1.807, 2.05) is 6.92 Å². The molecule has 2 heterocycles. The largest absolute Gasteiger partial charge is 0.465 e. The molecule has 41 heavy (non-hydrogen) atoms. The van der Waals surface area contributed by atoms with Crippen LogP contribution in [0.5, 0.6) is 0 Å². The third kappa shape index (κ3) is 5.09. The van der Waals surface area contributed by atoms with Gasteiger partial charge in [0.2, 0.25) is 0 Å². The Morgan fingerprint density at radius 2 is 1.85 bits per heavy atom. The molecule has 1 aliphatic rings. The maximum Gasteiger partial charge on any atom is 0.338 e. The molecule has 11 nitrogen and oxygen atoms in total. The van der Waals surface area contributed by atoms with Crippen molar-refractivity contribution in [3.05, 3.63) is 99.0 Å². The third-order valence-corrected chi connectivity index (χ3v) is 7.04. The van der Waals surface area contributed by atoms with Crippen LogP contribution < -0.4 is 16.4 Å². The molecule has 0 spiro atoms. The van der Waals surface area contributed by atoms with Crippen molar-refractivity contribution in [1.29, 1.82) is 0 Å². The molecule has 4 aromatic rings. The van der Waals surface area contributed by atoms with Gasteiger partial charge in [-0.1, -0.05) is 12.1 Å². The molecule has 0 bridgehead atoms. The quantitative estimate of drug-likeness (QED) is 0.292. The van der Waals surface area contributed by atoms with Gasteiger partial charge in [-0.2, -0.15) is 5.10 Å². The number of esters is 1. The molecule has 13 heteroatoms. The highest BCUT2D eigenvalue weighted by Crippen LogP contribution is 2.35. The van der Waals surface area contributed by atoms with Gasteiger partial charge in [0.25, 0.3) is 17.7 Å². The lowest BCUT2D eigenvalue weighted by atomic mass is 9.98. The van der Waals surface area contributed by atoms with Crippen LogP contribution in [0.15, 0.2) is 42.6 Å². The summed E-state index contributed by atoms with van der Waals surface area (Å²) >= 11 is 0. The van der Waals surface area contributed by atoms with Crippen LogP contribution in [-0.2, 0) is 17.7 Å². The van der Waals surface area contributed by atoms with E-state index < -0.39 is 41.4 Å². The number of benzene rings is 2. The number of amides is 3. The van der Waals surface area contributed by atoms with Gasteiger partial charge in [0.1, 0.15) is 17.0 Å². The number of nitrogens with one attached hydrogen (secondary N) is 2. The Labute approximate surface area is 231 Å². The van der Waals surface area contributed by atoms with Crippen LogP contribution in [0, 0.1) is 18.6 Å². The fourth-order valence-corrected chi connectivity index (χ4v) is 4.93. The zero-order valence-electron chi connectivity index (χ0n) is 22.0. The van der Waals surface area contributed by atoms with Gasteiger partial charge in [0.15, 0.2) is 17.3 Å². The van der Waals surface area contributed by atoms with Crippen LogP contribution in [0.2, 0.25) is 0 Å². The number of methoxy groups -OCH3 is 1. The smallest absolute Gasteiger partial charge is 0.338 e. The van der Waals surface area contributed by atoms with Crippen molar-refractivity contribution in [3.8, 4) is 0 Å². The monoisotopic (exact) mass is 562 g/mol. The van der Waals surface area contributed by atoms with Crippen molar-refractivity contribution in [2.75, 3.05) is 7.11 Å². The Kier molecular flexibility index (Phi) is 7.18. The van der Waals surface area contributed by atoms with Gasteiger partial charge in [0, 0.05) is 12.6 Å². The zero-order valence-corrected chi connectivity index (χ0v) is 22.0. The molecule has 4 N–H and O–H groups in total. The molecule has 0 saturated heterocycles. The van der Waals surface area contributed by atoms with E-state index in [4.69, 9.17) is 10.5 Å². The van der Waals surface area contributed by atoms with E-state index in [9.17, 15) is 28.0 Å². The summed E-state index contributed by atoms with van der Waals surface area (Å²) in [7, 11) is 1.31. The summed E-state index contributed by atoms with van der Waals surface area (Å²) in [6.45, 7) is 1.67. The van der Waals surface area contributed by atoms with E-state index in [1.54, 1.807) is 12.1 Å². The van der Waals surface area contributed by atoms with E-state index in [1.165, 1.54) is 19.2 Å². The first-order valence-corrected chi connectivity index (χ1v) is 12.5. The molecule has 0 fully saturated rings. The minimum absolute atomic E-state index is 0.0863. The number of primary amides is 1. The third-order valence-electron chi connectivity index (χ3n) is 7.04. The summed E-state index contributed by atoms with van der Waals surface area (Å²) < 4.78 is 32.8. The minimum atomic E-state index is -1.06. The summed E-state index contributed by atoms with van der Waals surface area (Å²) in [5, 5.41) is 9.56. The molecule has 1 aliphatic carbocycles. The Balaban J connectivity index is 1.44. The van der Waals surface area contributed by atoms with Crippen molar-refractivity contribution in [2.24, 2.45) is 5.73 Å². The lowest BCUT2D eigenvalue weighted by Crippen LogP contribution is -2.31. The van der Waals surface area contributed by atoms with Gasteiger partial charge in [-0.15, -0.1) is 0 Å².